The molecule has 1 N–H and O–H groups in total. The van der Waals surface area contributed by atoms with Crippen LogP contribution in [-0.4, -0.2) is 35.3 Å². The van der Waals surface area contributed by atoms with Gasteiger partial charge in [0.15, 0.2) is 17.3 Å². The van der Waals surface area contributed by atoms with E-state index in [4.69, 9.17) is 19.3 Å². The molecule has 0 fully saturated rings. The summed E-state index contributed by atoms with van der Waals surface area (Å²) in [4.78, 5) is 23.9. The van der Waals surface area contributed by atoms with Crippen molar-refractivity contribution in [2.24, 2.45) is 0 Å². The number of hydrogen-bond acceptors (Lipinski definition) is 5. The maximum absolute atomic E-state index is 12.7. The number of allylic oxidation sites excluding steroid dienone is 1. The van der Waals surface area contributed by atoms with E-state index in [1.807, 2.05) is 38.1 Å². The lowest BCUT2D eigenvalue weighted by molar-refractivity contribution is -0.136. The number of fused-ring (bicyclic) bond motifs is 1. The van der Waals surface area contributed by atoms with E-state index in [-0.39, 0.29) is 19.0 Å². The smallest absolute Gasteiger partial charge is 0.307 e. The second-order valence-electron chi connectivity index (χ2n) is 7.49. The Labute approximate surface area is 185 Å². The number of rotatable bonds is 7. The van der Waals surface area contributed by atoms with Crippen LogP contribution in [0.2, 0.25) is 0 Å². The van der Waals surface area contributed by atoms with Crippen LogP contribution in [0.25, 0.3) is 11.8 Å². The molecule has 3 aromatic rings. The number of nitrogens with zero attached hydrogens (tertiary/aromatic N) is 1. The Bertz CT molecular complexity index is 1240. The maximum Gasteiger partial charge on any atom is 0.307 e. The van der Waals surface area contributed by atoms with E-state index in [0.29, 0.717) is 22.6 Å². The minimum Gasteiger partial charge on any atom is -0.496 e. The first-order valence-electron chi connectivity index (χ1n) is 10.1. The first kappa shape index (κ1) is 21.2. The van der Waals surface area contributed by atoms with Gasteiger partial charge >= 0.3 is 5.97 Å². The molecule has 1 aliphatic rings. The lowest BCUT2D eigenvalue weighted by atomic mass is 10.0. The Hall–Kier alpha value is -4.00. The summed E-state index contributed by atoms with van der Waals surface area (Å²) >= 11 is 0. The van der Waals surface area contributed by atoms with Crippen molar-refractivity contribution in [1.82, 2.24) is 4.57 Å². The molecule has 7 nitrogen and oxygen atoms in total. The van der Waals surface area contributed by atoms with E-state index >= 15 is 0 Å². The number of hydrogen-bond donors (Lipinski definition) is 1. The minimum atomic E-state index is -0.987. The lowest BCUT2D eigenvalue weighted by Crippen LogP contribution is -2.04. The topological polar surface area (TPSA) is 87.0 Å². The van der Waals surface area contributed by atoms with Gasteiger partial charge in [-0.15, -0.1) is 0 Å². The summed E-state index contributed by atoms with van der Waals surface area (Å²) in [7, 11) is 1.47. The molecule has 2 heterocycles. The van der Waals surface area contributed by atoms with Gasteiger partial charge in [-0.3, -0.25) is 9.59 Å². The third kappa shape index (κ3) is 4.09. The molecule has 0 bridgehead atoms. The minimum absolute atomic E-state index is 0.216. The van der Waals surface area contributed by atoms with Crippen LogP contribution in [0, 0.1) is 13.8 Å². The van der Waals surface area contributed by atoms with Crippen molar-refractivity contribution in [1.29, 1.82) is 0 Å². The Morgan fingerprint density at radius 3 is 2.62 bits per heavy atom. The second kappa shape index (κ2) is 8.63. The second-order valence-corrected chi connectivity index (χ2v) is 7.49. The zero-order valence-corrected chi connectivity index (χ0v) is 18.0. The van der Waals surface area contributed by atoms with Crippen molar-refractivity contribution in [2.75, 3.05) is 13.9 Å². The van der Waals surface area contributed by atoms with E-state index in [1.165, 1.54) is 13.2 Å². The molecule has 32 heavy (non-hydrogen) atoms. The molecule has 0 radical (unpaired) electrons. The van der Waals surface area contributed by atoms with Crippen LogP contribution >= 0.6 is 0 Å². The molecule has 0 atom stereocenters. The Kier molecular flexibility index (Phi) is 5.73. The average molecular weight is 433 g/mol. The van der Waals surface area contributed by atoms with Crippen LogP contribution in [0.5, 0.6) is 17.2 Å². The number of ketones is 1. The summed E-state index contributed by atoms with van der Waals surface area (Å²) in [5, 5.41) is 9.10. The number of aliphatic carboxylic acids is 1. The molecule has 4 rings (SSSR count). The molecule has 0 unspecified atom stereocenters. The Morgan fingerprint density at radius 1 is 1.09 bits per heavy atom. The summed E-state index contributed by atoms with van der Waals surface area (Å²) in [6.07, 6.45) is 3.05. The van der Waals surface area contributed by atoms with E-state index in [1.54, 1.807) is 24.3 Å². The van der Waals surface area contributed by atoms with Gasteiger partial charge in [0.05, 0.1) is 13.5 Å². The zero-order chi connectivity index (χ0) is 22.8. The van der Waals surface area contributed by atoms with Crippen LogP contribution in [0.3, 0.4) is 0 Å². The zero-order valence-electron chi connectivity index (χ0n) is 18.0. The number of ether oxygens (including phenoxy) is 3. The highest BCUT2D eigenvalue weighted by atomic mass is 16.7. The SMILES string of the molecule is COc1ccc(C(=O)/C=C/c2cc(C)n(-c3ccc4c(c3)OCO4)c2C)cc1CC(=O)O. The fourth-order valence-corrected chi connectivity index (χ4v) is 3.87. The number of carboxylic acids is 1. The van der Waals surface area contributed by atoms with Crippen LogP contribution in [-0.2, 0) is 11.2 Å². The number of aromatic nitrogens is 1. The molecule has 2 aromatic carbocycles. The highest BCUT2D eigenvalue weighted by Gasteiger charge is 2.17. The van der Waals surface area contributed by atoms with E-state index < -0.39 is 5.97 Å². The molecule has 0 aliphatic carbocycles. The molecule has 1 aliphatic heterocycles. The van der Waals surface area contributed by atoms with Gasteiger partial charge in [0.25, 0.3) is 0 Å². The maximum atomic E-state index is 12.7. The predicted octanol–water partition coefficient (Wildman–Crippen LogP) is 4.35. The van der Waals surface area contributed by atoms with Crippen molar-refractivity contribution in [2.45, 2.75) is 20.3 Å². The molecule has 0 saturated carbocycles. The number of methoxy groups -OCH3 is 1. The molecular weight excluding hydrogens is 410 g/mol. The van der Waals surface area contributed by atoms with Gasteiger partial charge in [0.2, 0.25) is 6.79 Å². The standard InChI is InChI=1S/C25H23NO6/c1-15-10-17(16(2)26(15)20-6-9-23-24(13-20)32-14-31-23)4-7-21(27)18-5-8-22(30-3)19(11-18)12-25(28)29/h4-11,13H,12,14H2,1-3H3,(H,28,29)/b7-4+. The highest BCUT2D eigenvalue weighted by Crippen LogP contribution is 2.35. The first-order chi connectivity index (χ1) is 15.4. The summed E-state index contributed by atoms with van der Waals surface area (Å²) < 4.78 is 18.2. The van der Waals surface area contributed by atoms with Crippen molar-refractivity contribution < 1.29 is 28.9 Å². The summed E-state index contributed by atoms with van der Waals surface area (Å²) in [6, 6.07) is 12.6. The summed E-state index contributed by atoms with van der Waals surface area (Å²) in [6.45, 7) is 4.20. The first-order valence-corrected chi connectivity index (χ1v) is 10.1. The molecular formula is C25H23NO6. The molecule has 1 aromatic heterocycles. The Morgan fingerprint density at radius 2 is 1.88 bits per heavy atom. The fourth-order valence-electron chi connectivity index (χ4n) is 3.87. The van der Waals surface area contributed by atoms with Gasteiger partial charge in [0.1, 0.15) is 5.75 Å². The number of benzene rings is 2. The fraction of sp³-hybridized carbons (Fsp3) is 0.200. The molecule has 7 heteroatoms. The van der Waals surface area contributed by atoms with Gasteiger partial charge in [0, 0.05) is 34.3 Å². The Balaban J connectivity index is 1.60. The molecule has 164 valence electrons. The van der Waals surface area contributed by atoms with Crippen LogP contribution < -0.4 is 14.2 Å². The number of carbonyl (C=O) groups is 2. The van der Waals surface area contributed by atoms with Gasteiger partial charge in [-0.1, -0.05) is 0 Å². The largest absolute Gasteiger partial charge is 0.496 e. The molecule has 0 spiro atoms. The quantitative estimate of drug-likeness (QED) is 0.440. The van der Waals surface area contributed by atoms with E-state index in [2.05, 4.69) is 4.57 Å². The summed E-state index contributed by atoms with van der Waals surface area (Å²) in [5.74, 6) is 0.675. The molecule has 0 amide bonds. The van der Waals surface area contributed by atoms with Gasteiger partial charge in [-0.05, 0) is 68.0 Å². The van der Waals surface area contributed by atoms with Crippen LogP contribution in [0.1, 0.15) is 32.9 Å². The average Bonchev–Trinajstić information content (AvgIpc) is 3.34. The normalized spacial score (nSPS) is 12.3. The van der Waals surface area contributed by atoms with Gasteiger partial charge in [-0.2, -0.15) is 0 Å². The summed E-state index contributed by atoms with van der Waals surface area (Å²) in [5.41, 5.74) is 4.72. The van der Waals surface area contributed by atoms with Gasteiger partial charge in [-0.25, -0.2) is 0 Å². The van der Waals surface area contributed by atoms with Crippen molar-refractivity contribution in [3.05, 3.63) is 76.6 Å². The van der Waals surface area contributed by atoms with E-state index in [0.717, 1.165) is 28.4 Å². The van der Waals surface area contributed by atoms with Crippen LogP contribution in [0.4, 0.5) is 0 Å². The number of aryl methyl sites for hydroxylation is 1. The van der Waals surface area contributed by atoms with E-state index in [9.17, 15) is 9.59 Å². The van der Waals surface area contributed by atoms with Crippen molar-refractivity contribution in [3.63, 3.8) is 0 Å². The third-order valence-electron chi connectivity index (χ3n) is 5.41. The third-order valence-corrected chi connectivity index (χ3v) is 5.41. The number of carbonyl (C=O) groups excluding carboxylic acids is 1. The van der Waals surface area contributed by atoms with Crippen molar-refractivity contribution in [3.8, 4) is 22.9 Å². The molecule has 0 saturated heterocycles. The van der Waals surface area contributed by atoms with Crippen LogP contribution in [0.15, 0.2) is 48.5 Å². The number of carboxylic acid groups (broad SMARTS) is 1. The highest BCUT2D eigenvalue weighted by molar-refractivity contribution is 6.07. The lowest BCUT2D eigenvalue weighted by Gasteiger charge is -2.10. The van der Waals surface area contributed by atoms with Crippen molar-refractivity contribution >= 4 is 17.8 Å². The van der Waals surface area contributed by atoms with Gasteiger partial charge < -0.3 is 23.9 Å². The monoisotopic (exact) mass is 433 g/mol. The predicted molar refractivity (Wildman–Crippen MR) is 119 cm³/mol.